The minimum absolute atomic E-state index is 0.0473. The first-order valence-electron chi connectivity index (χ1n) is 6.76. The zero-order chi connectivity index (χ0) is 13.9. The van der Waals surface area contributed by atoms with Gasteiger partial charge in [-0.1, -0.05) is 23.0 Å². The van der Waals surface area contributed by atoms with Crippen LogP contribution in [0.5, 0.6) is 0 Å². The maximum Gasteiger partial charge on any atom is 0.267 e. The van der Waals surface area contributed by atoms with Crippen molar-refractivity contribution in [2.75, 3.05) is 13.1 Å². The van der Waals surface area contributed by atoms with Crippen LogP contribution in [-0.2, 0) is 6.42 Å². The Hall–Kier alpha value is -1.83. The first kappa shape index (κ1) is 13.2. The Morgan fingerprint density at radius 3 is 3.20 bits per heavy atom. The predicted molar refractivity (Wildman–Crippen MR) is 73.5 cm³/mol. The summed E-state index contributed by atoms with van der Waals surface area (Å²) < 4.78 is 5.74. The molecule has 0 bridgehead atoms. The summed E-state index contributed by atoms with van der Waals surface area (Å²) >= 11 is 1.20. The number of hydrogen-bond acceptors (Lipinski definition) is 6. The number of carbonyl (C=O) groups excluding carboxylic acids is 1. The van der Waals surface area contributed by atoms with Crippen molar-refractivity contribution in [3.05, 3.63) is 23.0 Å². The third-order valence-electron chi connectivity index (χ3n) is 3.50. The van der Waals surface area contributed by atoms with E-state index in [-0.39, 0.29) is 11.9 Å². The molecule has 3 rings (SSSR count). The van der Waals surface area contributed by atoms with Gasteiger partial charge in [0.1, 0.15) is 4.88 Å². The number of aryl methyl sites for hydroxylation is 1. The minimum atomic E-state index is 0.0473. The zero-order valence-corrected chi connectivity index (χ0v) is 12.1. The maximum atomic E-state index is 12.5. The van der Waals surface area contributed by atoms with Crippen LogP contribution in [0.15, 0.2) is 12.4 Å². The quantitative estimate of drug-likeness (QED) is 0.845. The Kier molecular flexibility index (Phi) is 3.72. The van der Waals surface area contributed by atoms with E-state index in [1.54, 1.807) is 6.20 Å². The SMILES string of the molecule is CCCc1nnsc1C(=O)N1CC[C@H](n2ccnn2)C1. The molecule has 1 atom stereocenters. The smallest absolute Gasteiger partial charge is 0.267 e. The summed E-state index contributed by atoms with van der Waals surface area (Å²) in [5.74, 6) is 0.0473. The standard InChI is InChI=1S/C12H16N6OS/c1-2-3-10-11(20-16-14-10)12(19)17-6-4-9(8-17)18-7-5-13-15-18/h5,7,9H,2-4,6,8H2,1H3/t9-/m0/s1. The van der Waals surface area contributed by atoms with E-state index in [2.05, 4.69) is 26.8 Å². The highest BCUT2D eigenvalue weighted by atomic mass is 32.1. The van der Waals surface area contributed by atoms with Crippen LogP contribution in [0.3, 0.4) is 0 Å². The van der Waals surface area contributed by atoms with Crippen molar-refractivity contribution in [2.24, 2.45) is 0 Å². The van der Waals surface area contributed by atoms with Gasteiger partial charge in [0.05, 0.1) is 17.9 Å². The summed E-state index contributed by atoms with van der Waals surface area (Å²) in [7, 11) is 0. The average Bonchev–Trinajstić information content (AvgIpc) is 3.19. The van der Waals surface area contributed by atoms with Gasteiger partial charge < -0.3 is 4.90 Å². The number of hydrogen-bond donors (Lipinski definition) is 0. The lowest BCUT2D eigenvalue weighted by molar-refractivity contribution is 0.0790. The fourth-order valence-corrected chi connectivity index (χ4v) is 3.15. The highest BCUT2D eigenvalue weighted by Crippen LogP contribution is 2.24. The van der Waals surface area contributed by atoms with Gasteiger partial charge in [-0.2, -0.15) is 0 Å². The molecule has 1 aliphatic rings. The van der Waals surface area contributed by atoms with Crippen LogP contribution >= 0.6 is 11.5 Å². The zero-order valence-electron chi connectivity index (χ0n) is 11.3. The molecule has 1 aliphatic heterocycles. The van der Waals surface area contributed by atoms with E-state index in [1.807, 2.05) is 15.8 Å². The molecule has 0 spiro atoms. The van der Waals surface area contributed by atoms with Crippen LogP contribution in [-0.4, -0.2) is 48.5 Å². The van der Waals surface area contributed by atoms with E-state index in [0.29, 0.717) is 11.4 Å². The van der Waals surface area contributed by atoms with Gasteiger partial charge in [0.2, 0.25) is 0 Å². The van der Waals surface area contributed by atoms with E-state index in [9.17, 15) is 4.79 Å². The molecule has 0 saturated carbocycles. The van der Waals surface area contributed by atoms with Crippen LogP contribution in [0.2, 0.25) is 0 Å². The third kappa shape index (κ3) is 2.43. The molecule has 0 radical (unpaired) electrons. The second-order valence-electron chi connectivity index (χ2n) is 4.88. The summed E-state index contributed by atoms with van der Waals surface area (Å²) in [6.07, 6.45) is 6.18. The van der Waals surface area contributed by atoms with E-state index in [1.165, 1.54) is 11.5 Å². The maximum absolute atomic E-state index is 12.5. The minimum Gasteiger partial charge on any atom is -0.336 e. The summed E-state index contributed by atoms with van der Waals surface area (Å²) in [5.41, 5.74) is 0.826. The van der Waals surface area contributed by atoms with Crippen molar-refractivity contribution in [3.8, 4) is 0 Å². The molecular weight excluding hydrogens is 276 g/mol. The molecule has 0 N–H and O–H groups in total. The van der Waals surface area contributed by atoms with E-state index in [0.717, 1.165) is 31.5 Å². The summed E-state index contributed by atoms with van der Waals surface area (Å²) in [6.45, 7) is 3.49. The summed E-state index contributed by atoms with van der Waals surface area (Å²) in [5, 5.41) is 11.9. The fraction of sp³-hybridized carbons (Fsp3) is 0.583. The number of amides is 1. The lowest BCUT2D eigenvalue weighted by atomic mass is 10.2. The monoisotopic (exact) mass is 292 g/mol. The van der Waals surface area contributed by atoms with Crippen LogP contribution in [0.4, 0.5) is 0 Å². The molecule has 0 unspecified atom stereocenters. The molecule has 2 aromatic heterocycles. The van der Waals surface area contributed by atoms with Gasteiger partial charge >= 0.3 is 0 Å². The molecule has 1 fully saturated rings. The fourth-order valence-electron chi connectivity index (χ4n) is 2.47. The van der Waals surface area contributed by atoms with Gasteiger partial charge in [-0.3, -0.25) is 4.79 Å². The Bertz CT molecular complexity index is 581. The Labute approximate surface area is 120 Å². The van der Waals surface area contributed by atoms with Gasteiger partial charge in [-0.25, -0.2) is 4.68 Å². The lowest BCUT2D eigenvalue weighted by Crippen LogP contribution is -2.29. The van der Waals surface area contributed by atoms with Crippen LogP contribution in [0.1, 0.15) is 41.2 Å². The highest BCUT2D eigenvalue weighted by molar-refractivity contribution is 7.08. The Morgan fingerprint density at radius 2 is 2.45 bits per heavy atom. The lowest BCUT2D eigenvalue weighted by Gasteiger charge is -2.15. The van der Waals surface area contributed by atoms with Gasteiger partial charge in [-0.15, -0.1) is 10.2 Å². The largest absolute Gasteiger partial charge is 0.336 e. The van der Waals surface area contributed by atoms with E-state index >= 15 is 0 Å². The second kappa shape index (κ2) is 5.66. The molecule has 106 valence electrons. The number of likely N-dealkylation sites (tertiary alicyclic amines) is 1. The Morgan fingerprint density at radius 1 is 1.55 bits per heavy atom. The van der Waals surface area contributed by atoms with Crippen LogP contribution in [0, 0.1) is 0 Å². The molecule has 2 aromatic rings. The van der Waals surface area contributed by atoms with Crippen LogP contribution < -0.4 is 0 Å². The van der Waals surface area contributed by atoms with Crippen molar-refractivity contribution in [1.29, 1.82) is 0 Å². The molecule has 0 aliphatic carbocycles. The molecule has 8 heteroatoms. The van der Waals surface area contributed by atoms with Gasteiger partial charge in [0, 0.05) is 19.3 Å². The predicted octanol–water partition coefficient (Wildman–Crippen LogP) is 1.17. The molecule has 7 nitrogen and oxygen atoms in total. The number of rotatable bonds is 4. The van der Waals surface area contributed by atoms with Gasteiger partial charge in [0.25, 0.3) is 5.91 Å². The van der Waals surface area contributed by atoms with Crippen molar-refractivity contribution in [1.82, 2.24) is 29.5 Å². The van der Waals surface area contributed by atoms with Crippen molar-refractivity contribution in [2.45, 2.75) is 32.2 Å². The van der Waals surface area contributed by atoms with E-state index in [4.69, 9.17) is 0 Å². The average molecular weight is 292 g/mol. The third-order valence-corrected chi connectivity index (χ3v) is 4.26. The molecule has 3 heterocycles. The molecule has 1 amide bonds. The number of carbonyl (C=O) groups is 1. The van der Waals surface area contributed by atoms with E-state index < -0.39 is 0 Å². The molecule has 20 heavy (non-hydrogen) atoms. The topological polar surface area (TPSA) is 76.8 Å². The first-order chi connectivity index (χ1) is 9.79. The van der Waals surface area contributed by atoms with Crippen LogP contribution in [0.25, 0.3) is 0 Å². The summed E-state index contributed by atoms with van der Waals surface area (Å²) in [4.78, 5) is 15.1. The van der Waals surface area contributed by atoms with Crippen molar-refractivity contribution in [3.63, 3.8) is 0 Å². The second-order valence-corrected chi connectivity index (χ2v) is 5.63. The molecule has 0 aromatic carbocycles. The first-order valence-corrected chi connectivity index (χ1v) is 7.53. The number of nitrogens with zero attached hydrogens (tertiary/aromatic N) is 6. The highest BCUT2D eigenvalue weighted by Gasteiger charge is 2.30. The van der Waals surface area contributed by atoms with Gasteiger partial charge in [-0.05, 0) is 24.4 Å². The Balaban J connectivity index is 1.71. The molecular formula is C12H16N6OS. The summed E-state index contributed by atoms with van der Waals surface area (Å²) in [6, 6.07) is 0.219. The number of aromatic nitrogens is 5. The normalized spacial score (nSPS) is 18.6. The van der Waals surface area contributed by atoms with Crippen molar-refractivity contribution >= 4 is 17.4 Å². The molecule has 1 saturated heterocycles. The van der Waals surface area contributed by atoms with Gasteiger partial charge in [0.15, 0.2) is 0 Å². The van der Waals surface area contributed by atoms with Crippen molar-refractivity contribution < 1.29 is 4.79 Å².